The van der Waals surface area contributed by atoms with Crippen LogP contribution < -0.4 is 4.74 Å². The standard InChI is InChI=1S/C22H14F2N2OS/c1-13-7-3-5-9-17(13)27-21-19(23)15(11-25)16(12-26)20(24)22(21)28-18-10-6-4-8-14(18)2/h3-10H,1-2H3. The number of nitrogens with zero attached hydrogens (tertiary/aromatic N) is 2. The molecule has 0 saturated heterocycles. The van der Waals surface area contributed by atoms with Crippen LogP contribution in [-0.4, -0.2) is 0 Å². The molecule has 0 spiro atoms. The zero-order valence-electron chi connectivity index (χ0n) is 15.1. The van der Waals surface area contributed by atoms with Crippen molar-refractivity contribution in [3.8, 4) is 23.6 Å². The normalized spacial score (nSPS) is 10.2. The molecule has 0 aromatic heterocycles. The van der Waals surface area contributed by atoms with Gasteiger partial charge in [-0.05, 0) is 37.1 Å². The SMILES string of the molecule is Cc1ccccc1Oc1c(F)c(C#N)c(C#N)c(F)c1Sc1ccccc1C. The van der Waals surface area contributed by atoms with Gasteiger partial charge in [0.2, 0.25) is 0 Å². The fourth-order valence-corrected chi connectivity index (χ4v) is 3.61. The van der Waals surface area contributed by atoms with Crippen molar-refractivity contribution >= 4 is 11.8 Å². The van der Waals surface area contributed by atoms with E-state index in [9.17, 15) is 10.5 Å². The van der Waals surface area contributed by atoms with Crippen molar-refractivity contribution in [3.05, 3.63) is 82.4 Å². The summed E-state index contributed by atoms with van der Waals surface area (Å²) in [4.78, 5) is 0.509. The zero-order valence-corrected chi connectivity index (χ0v) is 15.9. The van der Waals surface area contributed by atoms with E-state index in [4.69, 9.17) is 4.74 Å². The summed E-state index contributed by atoms with van der Waals surface area (Å²) in [6, 6.07) is 17.3. The maximum atomic E-state index is 15.1. The fraction of sp³-hybridized carbons (Fsp3) is 0.0909. The number of para-hydroxylation sites is 1. The predicted molar refractivity (Wildman–Crippen MR) is 102 cm³/mol. The van der Waals surface area contributed by atoms with Crippen molar-refractivity contribution in [2.24, 2.45) is 0 Å². The number of benzene rings is 3. The van der Waals surface area contributed by atoms with E-state index in [0.717, 1.165) is 22.9 Å². The quantitative estimate of drug-likeness (QED) is 0.525. The number of nitriles is 2. The highest BCUT2D eigenvalue weighted by Crippen LogP contribution is 2.44. The van der Waals surface area contributed by atoms with Crippen molar-refractivity contribution in [3.63, 3.8) is 0 Å². The first kappa shape index (κ1) is 19.4. The summed E-state index contributed by atoms with van der Waals surface area (Å²) < 4.78 is 36.0. The van der Waals surface area contributed by atoms with Crippen LogP contribution in [0.3, 0.4) is 0 Å². The lowest BCUT2D eigenvalue weighted by Crippen LogP contribution is -2.03. The van der Waals surface area contributed by atoms with Gasteiger partial charge < -0.3 is 4.74 Å². The van der Waals surface area contributed by atoms with E-state index in [0.29, 0.717) is 10.6 Å². The molecule has 0 heterocycles. The summed E-state index contributed by atoms with van der Waals surface area (Å²) in [5.41, 5.74) is 0.278. The Morgan fingerprint density at radius 2 is 1.39 bits per heavy atom. The molecule has 28 heavy (non-hydrogen) atoms. The molecule has 3 aromatic carbocycles. The first-order valence-electron chi connectivity index (χ1n) is 8.30. The zero-order chi connectivity index (χ0) is 20.3. The van der Waals surface area contributed by atoms with Gasteiger partial charge in [-0.2, -0.15) is 10.5 Å². The van der Waals surface area contributed by atoms with Crippen LogP contribution in [0.4, 0.5) is 8.78 Å². The van der Waals surface area contributed by atoms with Crippen LogP contribution >= 0.6 is 11.8 Å². The van der Waals surface area contributed by atoms with Crippen LogP contribution in [0.1, 0.15) is 22.3 Å². The molecule has 0 fully saturated rings. The first-order chi connectivity index (χ1) is 13.5. The number of hydrogen-bond donors (Lipinski definition) is 0. The summed E-state index contributed by atoms with van der Waals surface area (Å²) in [5, 5.41) is 18.5. The Labute approximate surface area is 165 Å². The van der Waals surface area contributed by atoms with Crippen molar-refractivity contribution in [1.82, 2.24) is 0 Å². The second-order valence-corrected chi connectivity index (χ2v) is 7.05. The smallest absolute Gasteiger partial charge is 0.186 e. The van der Waals surface area contributed by atoms with Gasteiger partial charge in [-0.15, -0.1) is 0 Å². The minimum Gasteiger partial charge on any atom is -0.453 e. The third-order valence-corrected chi connectivity index (χ3v) is 5.38. The highest BCUT2D eigenvalue weighted by Gasteiger charge is 2.28. The molecule has 0 unspecified atom stereocenters. The number of rotatable bonds is 4. The molecule has 3 aromatic rings. The molecule has 0 radical (unpaired) electrons. The monoisotopic (exact) mass is 392 g/mol. The molecule has 3 rings (SSSR count). The average Bonchev–Trinajstić information content (AvgIpc) is 2.69. The van der Waals surface area contributed by atoms with Gasteiger partial charge in [0, 0.05) is 4.90 Å². The molecule has 0 amide bonds. The van der Waals surface area contributed by atoms with Crippen LogP contribution in [0.5, 0.6) is 11.5 Å². The molecule has 0 aliphatic heterocycles. The van der Waals surface area contributed by atoms with Gasteiger partial charge in [0.1, 0.15) is 29.0 Å². The maximum absolute atomic E-state index is 15.1. The van der Waals surface area contributed by atoms with E-state index in [1.54, 1.807) is 55.5 Å². The second kappa shape index (κ2) is 8.12. The predicted octanol–water partition coefficient (Wildman–Crippen LogP) is 6.27. The lowest BCUT2D eigenvalue weighted by molar-refractivity contribution is 0.416. The number of halogens is 2. The van der Waals surface area contributed by atoms with Crippen molar-refractivity contribution in [1.29, 1.82) is 10.5 Å². The third kappa shape index (κ3) is 3.55. The second-order valence-electron chi connectivity index (χ2n) is 5.99. The molecule has 6 heteroatoms. The summed E-state index contributed by atoms with van der Waals surface area (Å²) in [6.45, 7) is 3.61. The van der Waals surface area contributed by atoms with Crippen molar-refractivity contribution < 1.29 is 13.5 Å². The van der Waals surface area contributed by atoms with Crippen LogP contribution in [-0.2, 0) is 0 Å². The highest BCUT2D eigenvalue weighted by molar-refractivity contribution is 7.99. The fourth-order valence-electron chi connectivity index (χ4n) is 2.60. The largest absolute Gasteiger partial charge is 0.453 e. The van der Waals surface area contributed by atoms with E-state index >= 15 is 8.78 Å². The van der Waals surface area contributed by atoms with E-state index in [2.05, 4.69) is 0 Å². The lowest BCUT2D eigenvalue weighted by atomic mass is 10.1. The van der Waals surface area contributed by atoms with Crippen LogP contribution in [0.2, 0.25) is 0 Å². The van der Waals surface area contributed by atoms with Crippen molar-refractivity contribution in [2.45, 2.75) is 23.6 Å². The molecular formula is C22H14F2N2OS. The Bertz CT molecular complexity index is 1060. The Balaban J connectivity index is 2.25. The maximum Gasteiger partial charge on any atom is 0.186 e. The minimum absolute atomic E-state index is 0.175. The molecule has 0 N–H and O–H groups in total. The molecule has 0 saturated carbocycles. The third-order valence-electron chi connectivity index (χ3n) is 4.13. The summed E-state index contributed by atoms with van der Waals surface area (Å²) in [5.74, 6) is -2.10. The molecule has 0 aliphatic carbocycles. The first-order valence-corrected chi connectivity index (χ1v) is 9.11. The van der Waals surface area contributed by atoms with Gasteiger partial charge in [-0.1, -0.05) is 48.2 Å². The molecule has 0 atom stereocenters. The molecule has 0 aliphatic rings. The number of hydrogen-bond acceptors (Lipinski definition) is 4. The van der Waals surface area contributed by atoms with Gasteiger partial charge in [-0.25, -0.2) is 8.78 Å². The van der Waals surface area contributed by atoms with Crippen LogP contribution in [0, 0.1) is 48.1 Å². The Morgan fingerprint density at radius 3 is 2.00 bits per heavy atom. The Kier molecular flexibility index (Phi) is 5.63. The number of ether oxygens (including phenoxy) is 1. The topological polar surface area (TPSA) is 56.8 Å². The van der Waals surface area contributed by atoms with Gasteiger partial charge in [0.05, 0.1) is 4.90 Å². The van der Waals surface area contributed by atoms with Gasteiger partial charge in [0.25, 0.3) is 0 Å². The minimum atomic E-state index is -1.06. The lowest BCUT2D eigenvalue weighted by Gasteiger charge is -2.16. The average molecular weight is 392 g/mol. The van der Waals surface area contributed by atoms with Crippen molar-refractivity contribution in [2.75, 3.05) is 0 Å². The molecule has 3 nitrogen and oxygen atoms in total. The van der Waals surface area contributed by atoms with E-state index in [-0.39, 0.29) is 4.90 Å². The molecular weight excluding hydrogens is 378 g/mol. The molecule has 138 valence electrons. The highest BCUT2D eigenvalue weighted by atomic mass is 32.2. The number of aryl methyl sites for hydroxylation is 2. The van der Waals surface area contributed by atoms with Gasteiger partial charge in [-0.3, -0.25) is 0 Å². The Hall–Kier alpha value is -3.35. The summed E-state index contributed by atoms with van der Waals surface area (Å²) in [7, 11) is 0. The van der Waals surface area contributed by atoms with E-state index in [1.165, 1.54) is 0 Å². The van der Waals surface area contributed by atoms with E-state index in [1.807, 2.05) is 19.1 Å². The van der Waals surface area contributed by atoms with Gasteiger partial charge in [0.15, 0.2) is 17.4 Å². The van der Waals surface area contributed by atoms with Gasteiger partial charge >= 0.3 is 0 Å². The summed E-state index contributed by atoms with van der Waals surface area (Å²) >= 11 is 0.955. The Morgan fingerprint density at radius 1 is 0.821 bits per heavy atom. The summed E-state index contributed by atoms with van der Waals surface area (Å²) in [6.07, 6.45) is 0. The van der Waals surface area contributed by atoms with E-state index < -0.39 is 28.5 Å². The molecule has 0 bridgehead atoms. The van der Waals surface area contributed by atoms with Crippen LogP contribution in [0.25, 0.3) is 0 Å². The van der Waals surface area contributed by atoms with Crippen LogP contribution in [0.15, 0.2) is 58.3 Å².